The Morgan fingerprint density at radius 2 is 1.22 bits per heavy atom. The first kappa shape index (κ1) is 25.1. The summed E-state index contributed by atoms with van der Waals surface area (Å²) in [5, 5.41) is 29.0. The number of rotatable bonds is 18. The minimum Gasteiger partial charge on any atom is -0.544 e. The van der Waals surface area contributed by atoms with Gasteiger partial charge < -0.3 is 20.1 Å². The van der Waals surface area contributed by atoms with E-state index in [2.05, 4.69) is 6.92 Å². The van der Waals surface area contributed by atoms with E-state index in [0.29, 0.717) is 6.42 Å². The Balaban J connectivity index is 4.24. The molecule has 27 heavy (non-hydrogen) atoms. The maximum Gasteiger partial charge on any atom is 0.359 e. The third-order valence-electron chi connectivity index (χ3n) is 4.49. The van der Waals surface area contributed by atoms with Crippen LogP contribution in [0.25, 0.3) is 0 Å². The molecule has 7 heteroatoms. The molecule has 156 valence electrons. The highest BCUT2D eigenvalue weighted by Crippen LogP contribution is 2.13. The lowest BCUT2D eigenvalue weighted by atomic mass is 10.1. The van der Waals surface area contributed by atoms with Gasteiger partial charge >= 0.3 is 11.9 Å². The summed E-state index contributed by atoms with van der Waals surface area (Å²) in [4.78, 5) is 33.0. The van der Waals surface area contributed by atoms with Crippen LogP contribution in [0.5, 0.6) is 0 Å². The number of aliphatic carboxylic acids is 3. The molecular weight excluding hydrogens is 350 g/mol. The number of carboxylic acid groups (broad SMARTS) is 3. The summed E-state index contributed by atoms with van der Waals surface area (Å²) in [5.74, 6) is -3.97. The van der Waals surface area contributed by atoms with Gasteiger partial charge in [-0.05, 0) is 18.9 Å². The molecular formula is C20H35NO6. The number of carboxylic acids is 3. The third kappa shape index (κ3) is 14.9. The van der Waals surface area contributed by atoms with Crippen LogP contribution in [0, 0.1) is 0 Å². The lowest BCUT2D eigenvalue weighted by Gasteiger charge is -2.32. The Kier molecular flexibility index (Phi) is 14.1. The molecule has 0 aromatic carbocycles. The molecule has 0 aliphatic carbocycles. The van der Waals surface area contributed by atoms with Gasteiger partial charge in [0.15, 0.2) is 13.1 Å². The second-order valence-corrected chi connectivity index (χ2v) is 7.21. The van der Waals surface area contributed by atoms with E-state index >= 15 is 0 Å². The van der Waals surface area contributed by atoms with Crippen molar-refractivity contribution in [2.24, 2.45) is 0 Å². The van der Waals surface area contributed by atoms with E-state index in [1.165, 1.54) is 51.1 Å². The van der Waals surface area contributed by atoms with Crippen molar-refractivity contribution in [3.05, 3.63) is 12.3 Å². The molecule has 0 aliphatic heterocycles. The number of allylic oxidation sites excluding steroid dienone is 1. The molecule has 0 saturated heterocycles. The van der Waals surface area contributed by atoms with Gasteiger partial charge in [0.2, 0.25) is 0 Å². The summed E-state index contributed by atoms with van der Waals surface area (Å²) >= 11 is 0. The number of quaternary nitrogens is 1. The standard InChI is InChI=1S/C20H35NO6/c1-2-3-4-5-6-7-8-9-10-11-12-13-14-21(15-18(22)23,16-19(24)25)17-20(26)27/h13-14H,2-12,15-17H2,1H3,(H2-,22,23,24,25,26,27)/b14-13+. The smallest absolute Gasteiger partial charge is 0.359 e. The van der Waals surface area contributed by atoms with Gasteiger partial charge in [-0.1, -0.05) is 64.7 Å². The predicted molar refractivity (Wildman–Crippen MR) is 101 cm³/mol. The molecule has 0 spiro atoms. The molecule has 0 heterocycles. The molecule has 0 aromatic heterocycles. The maximum atomic E-state index is 11.0. The van der Waals surface area contributed by atoms with Gasteiger partial charge in [0, 0.05) is 0 Å². The quantitative estimate of drug-likeness (QED) is 0.277. The second-order valence-electron chi connectivity index (χ2n) is 7.21. The van der Waals surface area contributed by atoms with Crippen molar-refractivity contribution >= 4 is 17.9 Å². The van der Waals surface area contributed by atoms with Crippen molar-refractivity contribution in [2.75, 3.05) is 19.6 Å². The fourth-order valence-corrected chi connectivity index (χ4v) is 3.17. The summed E-state index contributed by atoms with van der Waals surface area (Å²) in [7, 11) is 0. The van der Waals surface area contributed by atoms with Crippen LogP contribution in [0.15, 0.2) is 12.3 Å². The lowest BCUT2D eigenvalue weighted by Crippen LogP contribution is -2.55. The highest BCUT2D eigenvalue weighted by atomic mass is 16.4. The zero-order valence-corrected chi connectivity index (χ0v) is 16.5. The van der Waals surface area contributed by atoms with Crippen molar-refractivity contribution in [1.82, 2.24) is 0 Å². The number of carbonyl (C=O) groups excluding carboxylic acids is 1. The van der Waals surface area contributed by atoms with Crippen LogP contribution < -0.4 is 5.11 Å². The zero-order chi connectivity index (χ0) is 20.5. The molecule has 0 aromatic rings. The number of hydrogen-bond acceptors (Lipinski definition) is 4. The minimum atomic E-state index is -1.47. The molecule has 0 atom stereocenters. The molecule has 0 bridgehead atoms. The average molecular weight is 386 g/mol. The van der Waals surface area contributed by atoms with Gasteiger partial charge in [-0.25, -0.2) is 9.59 Å². The topological polar surface area (TPSA) is 115 Å². The largest absolute Gasteiger partial charge is 0.544 e. The Bertz CT molecular complexity index is 434. The second kappa shape index (κ2) is 15.2. The van der Waals surface area contributed by atoms with Crippen molar-refractivity contribution in [3.8, 4) is 0 Å². The first-order valence-corrected chi connectivity index (χ1v) is 9.98. The summed E-state index contributed by atoms with van der Waals surface area (Å²) in [5.41, 5.74) is 0. The van der Waals surface area contributed by atoms with E-state index in [-0.39, 0.29) is 0 Å². The van der Waals surface area contributed by atoms with Gasteiger partial charge in [-0.3, -0.25) is 4.48 Å². The van der Waals surface area contributed by atoms with Crippen molar-refractivity contribution in [1.29, 1.82) is 0 Å². The molecule has 0 saturated carbocycles. The number of nitrogens with zero attached hydrogens (tertiary/aromatic N) is 1. The molecule has 0 unspecified atom stereocenters. The lowest BCUT2D eigenvalue weighted by molar-refractivity contribution is -0.859. The van der Waals surface area contributed by atoms with E-state index in [0.717, 1.165) is 19.3 Å². The van der Waals surface area contributed by atoms with E-state index in [1.807, 2.05) is 0 Å². The van der Waals surface area contributed by atoms with Crippen molar-refractivity contribution < 1.29 is 34.2 Å². The van der Waals surface area contributed by atoms with Gasteiger partial charge in [0.1, 0.15) is 6.54 Å². The number of hydrogen-bond donors (Lipinski definition) is 2. The van der Waals surface area contributed by atoms with E-state index < -0.39 is 42.0 Å². The summed E-state index contributed by atoms with van der Waals surface area (Å²) in [6.45, 7) is 0.329. The maximum absolute atomic E-state index is 11.0. The first-order chi connectivity index (χ1) is 12.8. The zero-order valence-electron chi connectivity index (χ0n) is 16.5. The van der Waals surface area contributed by atoms with Crippen molar-refractivity contribution in [2.45, 2.75) is 77.6 Å². The minimum absolute atomic E-state index is 0.602. The Morgan fingerprint density at radius 1 is 0.778 bits per heavy atom. The highest BCUT2D eigenvalue weighted by Gasteiger charge is 2.31. The van der Waals surface area contributed by atoms with Crippen LogP contribution in [0.4, 0.5) is 0 Å². The Morgan fingerprint density at radius 3 is 1.63 bits per heavy atom. The van der Waals surface area contributed by atoms with Gasteiger partial charge in [0.05, 0.1) is 12.2 Å². The molecule has 7 nitrogen and oxygen atoms in total. The van der Waals surface area contributed by atoms with E-state index in [1.54, 1.807) is 6.08 Å². The summed E-state index contributed by atoms with van der Waals surface area (Å²) < 4.78 is -0.676. The van der Waals surface area contributed by atoms with Crippen molar-refractivity contribution in [3.63, 3.8) is 0 Å². The number of carbonyl (C=O) groups is 3. The predicted octanol–water partition coefficient (Wildman–Crippen LogP) is 2.55. The fraction of sp³-hybridized carbons (Fsp3) is 0.750. The van der Waals surface area contributed by atoms with E-state index in [9.17, 15) is 19.5 Å². The summed E-state index contributed by atoms with van der Waals surface area (Å²) in [6.07, 6.45) is 15.8. The van der Waals surface area contributed by atoms with Crippen LogP contribution in [-0.4, -0.2) is 52.2 Å². The number of unbranched alkanes of at least 4 members (excludes halogenated alkanes) is 10. The van der Waals surface area contributed by atoms with Gasteiger partial charge in [0.25, 0.3) is 0 Å². The van der Waals surface area contributed by atoms with Crippen LogP contribution in [-0.2, 0) is 14.4 Å². The van der Waals surface area contributed by atoms with Crippen LogP contribution in [0.2, 0.25) is 0 Å². The molecule has 0 amide bonds. The Labute approximate surface area is 162 Å². The summed E-state index contributed by atoms with van der Waals surface area (Å²) in [6, 6.07) is 0. The van der Waals surface area contributed by atoms with Crippen LogP contribution in [0.1, 0.15) is 77.6 Å². The van der Waals surface area contributed by atoms with Crippen LogP contribution >= 0.6 is 0 Å². The SMILES string of the molecule is CCCCCCCCCCCC/C=C/[N+](CC(=O)[O-])(CC(=O)O)CC(=O)O. The first-order valence-electron chi connectivity index (χ1n) is 9.98. The molecule has 0 aliphatic rings. The molecule has 0 rings (SSSR count). The molecule has 0 fully saturated rings. The Hall–Kier alpha value is -1.89. The van der Waals surface area contributed by atoms with Gasteiger partial charge in [-0.2, -0.15) is 0 Å². The normalized spacial score (nSPS) is 11.7. The third-order valence-corrected chi connectivity index (χ3v) is 4.49. The molecule has 2 N–H and O–H groups in total. The molecule has 0 radical (unpaired) electrons. The highest BCUT2D eigenvalue weighted by molar-refractivity contribution is 5.72. The van der Waals surface area contributed by atoms with Crippen LogP contribution in [0.3, 0.4) is 0 Å². The van der Waals surface area contributed by atoms with E-state index in [4.69, 9.17) is 10.2 Å². The fourth-order valence-electron chi connectivity index (χ4n) is 3.17. The monoisotopic (exact) mass is 385 g/mol. The average Bonchev–Trinajstić information content (AvgIpc) is 2.53. The van der Waals surface area contributed by atoms with Gasteiger partial charge in [-0.15, -0.1) is 0 Å².